The van der Waals surface area contributed by atoms with Crippen molar-refractivity contribution in [3.05, 3.63) is 0 Å². The number of hydrogen-bond donors (Lipinski definition) is 3. The largest absolute Gasteiger partial charge is 0.481 e. The van der Waals surface area contributed by atoms with Crippen molar-refractivity contribution in [1.29, 1.82) is 0 Å². The van der Waals surface area contributed by atoms with Gasteiger partial charge in [0, 0.05) is 6.54 Å². The summed E-state index contributed by atoms with van der Waals surface area (Å²) in [7, 11) is 0. The maximum Gasteiger partial charge on any atom is 0.405 e. The molecule has 1 unspecified atom stereocenters. The predicted octanol–water partition coefficient (Wildman–Crippen LogP) is 1.35. The van der Waals surface area contributed by atoms with Crippen molar-refractivity contribution in [2.45, 2.75) is 26.4 Å². The first-order valence-electron chi connectivity index (χ1n) is 4.92. The molecule has 2 amide bonds. The van der Waals surface area contributed by atoms with E-state index in [1.807, 2.05) is 0 Å². The van der Waals surface area contributed by atoms with Gasteiger partial charge in [-0.2, -0.15) is 13.2 Å². The summed E-state index contributed by atoms with van der Waals surface area (Å²) in [6.07, 6.45) is -4.24. The van der Waals surface area contributed by atoms with Gasteiger partial charge in [-0.15, -0.1) is 0 Å². The van der Waals surface area contributed by atoms with E-state index < -0.39 is 30.1 Å². The molecule has 0 aliphatic rings. The van der Waals surface area contributed by atoms with Gasteiger partial charge in [0.05, 0.1) is 5.41 Å². The topological polar surface area (TPSA) is 78.4 Å². The third-order valence-corrected chi connectivity index (χ3v) is 2.39. The summed E-state index contributed by atoms with van der Waals surface area (Å²) in [5, 5.41) is 12.5. The molecular formula is C9H15F3N2O3. The van der Waals surface area contributed by atoms with Gasteiger partial charge >= 0.3 is 18.2 Å². The molecule has 5 nitrogen and oxygen atoms in total. The van der Waals surface area contributed by atoms with Crippen LogP contribution in [0.5, 0.6) is 0 Å². The number of nitrogens with one attached hydrogen (secondary N) is 2. The molecule has 0 fully saturated rings. The third kappa shape index (κ3) is 5.98. The van der Waals surface area contributed by atoms with Crippen LogP contribution in [0.15, 0.2) is 0 Å². The lowest BCUT2D eigenvalue weighted by molar-refractivity contribution is -0.147. The number of aliphatic carboxylic acids is 1. The van der Waals surface area contributed by atoms with Crippen LogP contribution in [0.4, 0.5) is 18.0 Å². The van der Waals surface area contributed by atoms with E-state index in [4.69, 9.17) is 5.11 Å². The van der Waals surface area contributed by atoms with Crippen molar-refractivity contribution in [3.63, 3.8) is 0 Å². The van der Waals surface area contributed by atoms with Crippen molar-refractivity contribution in [3.8, 4) is 0 Å². The van der Waals surface area contributed by atoms with Crippen LogP contribution >= 0.6 is 0 Å². The van der Waals surface area contributed by atoms with Gasteiger partial charge < -0.3 is 15.7 Å². The number of urea groups is 1. The molecule has 100 valence electrons. The average molecular weight is 256 g/mol. The standard InChI is InChI=1S/C9H15F3N2O3/c1-3-8(2,6(15)16)4-13-7(17)14-5-9(10,11)12/h3-5H2,1-2H3,(H,15,16)(H2,13,14,17). The van der Waals surface area contributed by atoms with Crippen LogP contribution < -0.4 is 10.6 Å². The highest BCUT2D eigenvalue weighted by molar-refractivity contribution is 5.77. The van der Waals surface area contributed by atoms with Crippen LogP contribution in [-0.2, 0) is 4.79 Å². The molecule has 0 aliphatic heterocycles. The van der Waals surface area contributed by atoms with Gasteiger partial charge in [0.15, 0.2) is 0 Å². The number of amides is 2. The van der Waals surface area contributed by atoms with Gasteiger partial charge in [-0.1, -0.05) is 6.92 Å². The zero-order chi connectivity index (χ0) is 13.7. The first kappa shape index (κ1) is 15.5. The number of hydrogen-bond acceptors (Lipinski definition) is 2. The Morgan fingerprint density at radius 3 is 2.00 bits per heavy atom. The molecule has 0 aromatic heterocycles. The summed E-state index contributed by atoms with van der Waals surface area (Å²) in [6, 6.07) is -1.04. The maximum atomic E-state index is 11.7. The van der Waals surface area contributed by atoms with E-state index in [0.717, 1.165) is 0 Å². The molecule has 0 aliphatic carbocycles. The van der Waals surface area contributed by atoms with E-state index in [1.165, 1.54) is 6.92 Å². The minimum atomic E-state index is -4.49. The third-order valence-electron chi connectivity index (χ3n) is 2.39. The van der Waals surface area contributed by atoms with Gasteiger partial charge in [-0.25, -0.2) is 4.79 Å². The van der Waals surface area contributed by atoms with Gasteiger partial charge in [0.2, 0.25) is 0 Å². The van der Waals surface area contributed by atoms with Crippen molar-refractivity contribution < 1.29 is 27.9 Å². The van der Waals surface area contributed by atoms with Gasteiger partial charge in [-0.3, -0.25) is 4.79 Å². The fourth-order valence-corrected chi connectivity index (χ4v) is 0.870. The Bertz CT molecular complexity index is 294. The molecule has 0 bridgehead atoms. The van der Waals surface area contributed by atoms with Crippen LogP contribution in [0.25, 0.3) is 0 Å². The first-order valence-corrected chi connectivity index (χ1v) is 4.92. The van der Waals surface area contributed by atoms with Crippen molar-refractivity contribution in [2.75, 3.05) is 13.1 Å². The van der Waals surface area contributed by atoms with Crippen LogP contribution in [0.3, 0.4) is 0 Å². The van der Waals surface area contributed by atoms with Gasteiger partial charge in [-0.05, 0) is 13.3 Å². The highest BCUT2D eigenvalue weighted by atomic mass is 19.4. The van der Waals surface area contributed by atoms with Crippen LogP contribution in [0, 0.1) is 5.41 Å². The summed E-state index contributed by atoms with van der Waals surface area (Å²) >= 11 is 0. The van der Waals surface area contributed by atoms with E-state index in [9.17, 15) is 22.8 Å². The summed E-state index contributed by atoms with van der Waals surface area (Å²) < 4.78 is 35.2. The molecule has 0 saturated carbocycles. The summed E-state index contributed by atoms with van der Waals surface area (Å²) in [5.41, 5.74) is -1.18. The lowest BCUT2D eigenvalue weighted by atomic mass is 9.88. The Morgan fingerprint density at radius 2 is 1.65 bits per heavy atom. The number of carbonyl (C=O) groups is 2. The quantitative estimate of drug-likeness (QED) is 0.694. The van der Waals surface area contributed by atoms with Gasteiger partial charge in [0.25, 0.3) is 0 Å². The minimum Gasteiger partial charge on any atom is -0.481 e. The molecule has 8 heteroatoms. The zero-order valence-electron chi connectivity index (χ0n) is 9.52. The second kappa shape index (κ2) is 5.74. The molecule has 0 saturated heterocycles. The number of carboxylic acid groups (broad SMARTS) is 1. The van der Waals surface area contributed by atoms with E-state index in [0.29, 0.717) is 0 Å². The molecule has 0 radical (unpaired) electrons. The van der Waals surface area contributed by atoms with Crippen LogP contribution in [0.1, 0.15) is 20.3 Å². The fraction of sp³-hybridized carbons (Fsp3) is 0.778. The molecule has 0 spiro atoms. The van der Waals surface area contributed by atoms with E-state index in [-0.39, 0.29) is 13.0 Å². The fourth-order valence-electron chi connectivity index (χ4n) is 0.870. The molecule has 17 heavy (non-hydrogen) atoms. The molecule has 0 aromatic carbocycles. The van der Waals surface area contributed by atoms with Crippen molar-refractivity contribution >= 4 is 12.0 Å². The van der Waals surface area contributed by atoms with Gasteiger partial charge in [0.1, 0.15) is 6.54 Å². The molecule has 3 N–H and O–H groups in total. The molecule has 0 rings (SSSR count). The first-order chi connectivity index (χ1) is 7.60. The highest BCUT2D eigenvalue weighted by Gasteiger charge is 2.32. The zero-order valence-corrected chi connectivity index (χ0v) is 9.52. The van der Waals surface area contributed by atoms with E-state index in [1.54, 1.807) is 12.2 Å². The normalized spacial score (nSPS) is 14.9. The molecule has 0 heterocycles. The maximum absolute atomic E-state index is 11.7. The molecule has 1 atom stereocenters. The van der Waals surface area contributed by atoms with Crippen molar-refractivity contribution in [1.82, 2.24) is 10.6 Å². The number of rotatable bonds is 5. The average Bonchev–Trinajstić information content (AvgIpc) is 2.21. The Balaban J connectivity index is 4.11. The summed E-state index contributed by atoms with van der Waals surface area (Å²) in [6.45, 7) is 1.33. The Kier molecular flexibility index (Phi) is 5.24. The summed E-state index contributed by atoms with van der Waals surface area (Å²) in [4.78, 5) is 21.8. The van der Waals surface area contributed by atoms with Crippen molar-refractivity contribution in [2.24, 2.45) is 5.41 Å². The smallest absolute Gasteiger partial charge is 0.405 e. The minimum absolute atomic E-state index is 0.234. The summed E-state index contributed by atoms with van der Waals surface area (Å²) in [5.74, 6) is -1.11. The van der Waals surface area contributed by atoms with Crippen LogP contribution in [-0.4, -0.2) is 36.4 Å². The monoisotopic (exact) mass is 256 g/mol. The molecule has 0 aromatic rings. The number of alkyl halides is 3. The Hall–Kier alpha value is -1.47. The van der Waals surface area contributed by atoms with Crippen LogP contribution in [0.2, 0.25) is 0 Å². The number of carboxylic acids is 1. The Morgan fingerprint density at radius 1 is 1.18 bits per heavy atom. The lowest BCUT2D eigenvalue weighted by Crippen LogP contribution is -2.46. The Labute approximate surface area is 96.4 Å². The second-order valence-electron chi connectivity index (χ2n) is 3.87. The van der Waals surface area contributed by atoms with E-state index >= 15 is 0 Å². The van der Waals surface area contributed by atoms with E-state index in [2.05, 4.69) is 5.32 Å². The lowest BCUT2D eigenvalue weighted by Gasteiger charge is -2.23. The highest BCUT2D eigenvalue weighted by Crippen LogP contribution is 2.19. The second-order valence-corrected chi connectivity index (χ2v) is 3.87. The number of halogens is 3. The molecular weight excluding hydrogens is 241 g/mol. The predicted molar refractivity (Wildman–Crippen MR) is 53.5 cm³/mol. The number of carbonyl (C=O) groups excluding carboxylic acids is 1. The SMILES string of the molecule is CCC(C)(CNC(=O)NCC(F)(F)F)C(=O)O.